The Labute approximate surface area is 150 Å². The number of aliphatic carboxylic acids is 1. The zero-order valence-corrected chi connectivity index (χ0v) is 15.1. The molecule has 0 amide bonds. The number of carbonyl (C=O) groups is 1. The first kappa shape index (κ1) is 17.7. The summed E-state index contributed by atoms with van der Waals surface area (Å²) in [5.41, 5.74) is 1.57. The van der Waals surface area contributed by atoms with Crippen LogP contribution in [0.5, 0.6) is 5.75 Å². The standard InChI is InChI=1S/C18H21N3O3S/c1-21(2)8-3-9-24-13-5-7-14-12(10-13)4-6-15(19-14)17-20-16(11-25-17)18(22)23/h4-7,10,16H,3,8-9,11H2,1-2H3,(H,22,23). The van der Waals surface area contributed by atoms with Gasteiger partial charge in [-0.2, -0.15) is 0 Å². The molecule has 1 N–H and O–H groups in total. The average Bonchev–Trinajstić information content (AvgIpc) is 3.08. The topological polar surface area (TPSA) is 75.0 Å². The number of pyridine rings is 1. The molecule has 0 radical (unpaired) electrons. The lowest BCUT2D eigenvalue weighted by atomic mass is 10.2. The SMILES string of the molecule is CN(C)CCCOc1ccc2nc(C3=NC(C(=O)O)CS3)ccc2c1. The van der Waals surface area contributed by atoms with Crippen molar-refractivity contribution in [3.63, 3.8) is 0 Å². The van der Waals surface area contributed by atoms with Gasteiger partial charge in [0.15, 0.2) is 6.04 Å². The second kappa shape index (κ2) is 7.84. The largest absolute Gasteiger partial charge is 0.494 e. The maximum atomic E-state index is 11.0. The number of benzene rings is 1. The van der Waals surface area contributed by atoms with Gasteiger partial charge in [0.1, 0.15) is 10.8 Å². The van der Waals surface area contributed by atoms with Gasteiger partial charge in [-0.05, 0) is 44.8 Å². The Morgan fingerprint density at radius 2 is 2.20 bits per heavy atom. The normalized spacial score (nSPS) is 17.1. The van der Waals surface area contributed by atoms with E-state index < -0.39 is 12.0 Å². The third-order valence-corrected chi connectivity index (χ3v) is 4.90. The number of aliphatic imine (C=N–C) groups is 1. The van der Waals surface area contributed by atoms with Crippen molar-refractivity contribution in [3.8, 4) is 5.75 Å². The highest BCUT2D eigenvalue weighted by molar-refractivity contribution is 8.14. The number of hydrogen-bond donors (Lipinski definition) is 1. The third-order valence-electron chi connectivity index (χ3n) is 3.83. The van der Waals surface area contributed by atoms with Gasteiger partial charge in [-0.25, -0.2) is 9.78 Å². The second-order valence-corrected chi connectivity index (χ2v) is 7.16. The summed E-state index contributed by atoms with van der Waals surface area (Å²) in [4.78, 5) is 22.0. The molecule has 0 saturated heterocycles. The van der Waals surface area contributed by atoms with Crippen LogP contribution in [0.1, 0.15) is 12.1 Å². The van der Waals surface area contributed by atoms with E-state index in [-0.39, 0.29) is 0 Å². The van der Waals surface area contributed by atoms with Gasteiger partial charge >= 0.3 is 5.97 Å². The number of hydrogen-bond acceptors (Lipinski definition) is 6. The summed E-state index contributed by atoms with van der Waals surface area (Å²) in [6.45, 7) is 1.68. The fraction of sp³-hybridized carbons (Fsp3) is 0.389. The monoisotopic (exact) mass is 359 g/mol. The molecule has 1 atom stereocenters. The molecular formula is C18H21N3O3S. The summed E-state index contributed by atoms with van der Waals surface area (Å²) < 4.78 is 5.79. The van der Waals surface area contributed by atoms with Gasteiger partial charge in [0.05, 0.1) is 17.8 Å². The lowest BCUT2D eigenvalue weighted by molar-refractivity contribution is -0.137. The smallest absolute Gasteiger partial charge is 0.329 e. The van der Waals surface area contributed by atoms with E-state index in [1.165, 1.54) is 11.8 Å². The van der Waals surface area contributed by atoms with E-state index in [2.05, 4.69) is 14.9 Å². The van der Waals surface area contributed by atoms with E-state index in [1.54, 1.807) is 0 Å². The molecule has 1 aromatic heterocycles. The molecule has 6 nitrogen and oxygen atoms in total. The Kier molecular flexibility index (Phi) is 5.55. The fourth-order valence-corrected chi connectivity index (χ4v) is 3.52. The molecule has 132 valence electrons. The van der Waals surface area contributed by atoms with Crippen molar-refractivity contribution in [2.24, 2.45) is 4.99 Å². The van der Waals surface area contributed by atoms with Crippen molar-refractivity contribution < 1.29 is 14.6 Å². The summed E-state index contributed by atoms with van der Waals surface area (Å²) in [5.74, 6) is 0.406. The molecule has 3 rings (SSSR count). The van der Waals surface area contributed by atoms with E-state index in [0.717, 1.165) is 35.3 Å². The van der Waals surface area contributed by atoms with Gasteiger partial charge in [-0.15, -0.1) is 11.8 Å². The molecule has 7 heteroatoms. The molecule has 0 bridgehead atoms. The molecular weight excluding hydrogens is 338 g/mol. The van der Waals surface area contributed by atoms with Crippen molar-refractivity contribution in [1.29, 1.82) is 0 Å². The highest BCUT2D eigenvalue weighted by Crippen LogP contribution is 2.25. The quantitative estimate of drug-likeness (QED) is 0.766. The van der Waals surface area contributed by atoms with Crippen molar-refractivity contribution >= 4 is 33.7 Å². The lowest BCUT2D eigenvalue weighted by Crippen LogP contribution is -2.17. The van der Waals surface area contributed by atoms with Gasteiger partial charge in [-0.1, -0.05) is 6.07 Å². The molecule has 2 heterocycles. The first-order chi connectivity index (χ1) is 12.0. The summed E-state index contributed by atoms with van der Waals surface area (Å²) in [6.07, 6.45) is 0.976. The van der Waals surface area contributed by atoms with Crippen molar-refractivity contribution in [2.45, 2.75) is 12.5 Å². The summed E-state index contributed by atoms with van der Waals surface area (Å²) in [6, 6.07) is 9.00. The van der Waals surface area contributed by atoms with Crippen molar-refractivity contribution in [2.75, 3.05) is 33.0 Å². The van der Waals surface area contributed by atoms with Crippen LogP contribution in [0.2, 0.25) is 0 Å². The minimum absolute atomic E-state index is 0.462. The van der Waals surface area contributed by atoms with Gasteiger partial charge < -0.3 is 14.7 Å². The number of thioether (sulfide) groups is 1. The van der Waals surface area contributed by atoms with Crippen LogP contribution in [0.4, 0.5) is 0 Å². The maximum absolute atomic E-state index is 11.0. The van der Waals surface area contributed by atoms with Gasteiger partial charge in [0, 0.05) is 17.7 Å². The van der Waals surface area contributed by atoms with E-state index in [9.17, 15) is 4.79 Å². The van der Waals surface area contributed by atoms with E-state index in [4.69, 9.17) is 9.84 Å². The number of rotatable bonds is 7. The first-order valence-corrected chi connectivity index (χ1v) is 9.13. The molecule has 0 aliphatic carbocycles. The molecule has 2 aromatic rings. The zero-order valence-electron chi connectivity index (χ0n) is 14.3. The van der Waals surface area contributed by atoms with Gasteiger partial charge in [-0.3, -0.25) is 4.99 Å². The lowest BCUT2D eigenvalue weighted by Gasteiger charge is -2.11. The van der Waals surface area contributed by atoms with Crippen molar-refractivity contribution in [3.05, 3.63) is 36.0 Å². The maximum Gasteiger partial charge on any atom is 0.329 e. The van der Waals surface area contributed by atoms with Crippen LogP contribution in [0, 0.1) is 0 Å². The minimum Gasteiger partial charge on any atom is -0.494 e. The average molecular weight is 359 g/mol. The predicted molar refractivity (Wildman–Crippen MR) is 101 cm³/mol. The van der Waals surface area contributed by atoms with Gasteiger partial charge in [0.2, 0.25) is 0 Å². The van der Waals surface area contributed by atoms with Crippen LogP contribution in [0.25, 0.3) is 10.9 Å². The number of fused-ring (bicyclic) bond motifs is 1. The Morgan fingerprint density at radius 3 is 2.92 bits per heavy atom. The molecule has 1 unspecified atom stereocenters. The van der Waals surface area contributed by atoms with E-state index >= 15 is 0 Å². The molecule has 0 saturated carbocycles. The highest BCUT2D eigenvalue weighted by Gasteiger charge is 2.25. The Hall–Kier alpha value is -2.12. The van der Waals surface area contributed by atoms with E-state index in [1.807, 2.05) is 44.4 Å². The van der Waals surface area contributed by atoms with Crippen LogP contribution >= 0.6 is 11.8 Å². The van der Waals surface area contributed by atoms with Crippen LogP contribution < -0.4 is 4.74 Å². The predicted octanol–water partition coefficient (Wildman–Crippen LogP) is 2.51. The molecule has 25 heavy (non-hydrogen) atoms. The second-order valence-electron chi connectivity index (χ2n) is 6.16. The molecule has 0 spiro atoms. The number of carboxylic acid groups (broad SMARTS) is 1. The Balaban J connectivity index is 1.71. The molecule has 1 aliphatic rings. The fourth-order valence-electron chi connectivity index (χ4n) is 2.52. The molecule has 0 fully saturated rings. The number of carboxylic acids is 1. The van der Waals surface area contributed by atoms with Crippen LogP contribution in [-0.4, -0.2) is 65.0 Å². The summed E-state index contributed by atoms with van der Waals surface area (Å²) in [5, 5.41) is 10.7. The number of nitrogens with zero attached hydrogens (tertiary/aromatic N) is 3. The number of ether oxygens (including phenoxy) is 1. The minimum atomic E-state index is -0.889. The third kappa shape index (κ3) is 4.49. The van der Waals surface area contributed by atoms with Crippen LogP contribution in [0.3, 0.4) is 0 Å². The van der Waals surface area contributed by atoms with Crippen LogP contribution in [-0.2, 0) is 4.79 Å². The zero-order chi connectivity index (χ0) is 17.8. The molecule has 1 aliphatic heterocycles. The van der Waals surface area contributed by atoms with Crippen LogP contribution in [0.15, 0.2) is 35.3 Å². The number of aromatic nitrogens is 1. The summed E-state index contributed by atoms with van der Waals surface area (Å²) >= 11 is 1.44. The summed E-state index contributed by atoms with van der Waals surface area (Å²) in [7, 11) is 4.09. The van der Waals surface area contributed by atoms with Gasteiger partial charge in [0.25, 0.3) is 0 Å². The van der Waals surface area contributed by atoms with Crippen molar-refractivity contribution in [1.82, 2.24) is 9.88 Å². The van der Waals surface area contributed by atoms with E-state index in [0.29, 0.717) is 17.4 Å². The Morgan fingerprint density at radius 1 is 1.36 bits per heavy atom. The first-order valence-electron chi connectivity index (χ1n) is 8.15. The molecule has 1 aromatic carbocycles. The highest BCUT2D eigenvalue weighted by atomic mass is 32.2. The Bertz CT molecular complexity index is 807.